The van der Waals surface area contributed by atoms with E-state index < -0.39 is 0 Å². The maximum absolute atomic E-state index is 6.62. The SMILES string of the molecule is c1ccc(-c2nc3ccc4ccc5ccc(N(c6cccc(N(c7ccccc7)c7ccccc7)c6)c6ccccc6-c6ccccc6)cc5c4c3o2)cc1. The van der Waals surface area contributed by atoms with Crippen LogP contribution >= 0.6 is 0 Å². The van der Waals surface area contributed by atoms with Crippen molar-refractivity contribution in [2.75, 3.05) is 9.80 Å². The largest absolute Gasteiger partial charge is 0.435 e. The fraction of sp³-hybridized carbons (Fsp3) is 0. The Hall–Kier alpha value is -7.43. The van der Waals surface area contributed by atoms with Crippen LogP contribution in [-0.4, -0.2) is 4.98 Å². The van der Waals surface area contributed by atoms with Crippen LogP contribution in [0.3, 0.4) is 0 Å². The number of hydrogen-bond donors (Lipinski definition) is 0. The van der Waals surface area contributed by atoms with E-state index in [0.717, 1.165) is 83.5 Å². The molecule has 0 aliphatic heterocycles. The third-order valence-electron chi connectivity index (χ3n) is 10.2. The molecule has 0 aliphatic rings. The molecule has 1 aromatic heterocycles. The average Bonchev–Trinajstić information content (AvgIpc) is 3.71. The van der Waals surface area contributed by atoms with Crippen LogP contribution in [-0.2, 0) is 0 Å². The Bertz CT molecular complexity index is 2890. The Morgan fingerprint density at radius 1 is 0.382 bits per heavy atom. The van der Waals surface area contributed by atoms with Crippen LogP contribution < -0.4 is 9.80 Å². The molecular formula is C51H35N3O. The molecule has 0 N–H and O–H groups in total. The molecule has 0 unspecified atom stereocenters. The van der Waals surface area contributed by atoms with E-state index in [2.05, 4.69) is 192 Å². The van der Waals surface area contributed by atoms with Crippen molar-refractivity contribution in [3.63, 3.8) is 0 Å². The first-order valence-corrected chi connectivity index (χ1v) is 18.5. The molecule has 260 valence electrons. The van der Waals surface area contributed by atoms with Crippen LogP contribution in [0.25, 0.3) is 55.2 Å². The normalized spacial score (nSPS) is 11.3. The minimum Gasteiger partial charge on any atom is -0.435 e. The minimum absolute atomic E-state index is 0.618. The molecular weight excluding hydrogens is 671 g/mol. The molecule has 0 saturated carbocycles. The first-order chi connectivity index (χ1) is 27.3. The van der Waals surface area contributed by atoms with Crippen LogP contribution in [0.15, 0.2) is 217 Å². The standard InChI is InChI=1S/C51H35N3O/c1-5-16-36(17-6-1)45-26-13-14-27-48(45)54(43-25-15-24-42(34-43)53(40-20-9-3-10-21-40)41-22-11-4-12-23-41)44-32-30-37-28-29-38-31-33-47-50(49(38)46(37)35-44)55-51(52-47)39-18-7-2-8-19-39/h1-35H. The third-order valence-corrected chi connectivity index (χ3v) is 10.2. The molecule has 0 aliphatic carbocycles. The summed E-state index contributed by atoms with van der Waals surface area (Å²) in [5.74, 6) is 0.618. The molecule has 10 aromatic rings. The number of aromatic nitrogens is 1. The predicted molar refractivity (Wildman–Crippen MR) is 229 cm³/mol. The lowest BCUT2D eigenvalue weighted by atomic mass is 9.99. The van der Waals surface area contributed by atoms with E-state index in [1.165, 1.54) is 0 Å². The zero-order valence-corrected chi connectivity index (χ0v) is 30.0. The van der Waals surface area contributed by atoms with Gasteiger partial charge in [0.15, 0.2) is 5.58 Å². The quantitative estimate of drug-likeness (QED) is 0.147. The predicted octanol–water partition coefficient (Wildman–Crippen LogP) is 14.4. The Labute approximate surface area is 319 Å². The lowest BCUT2D eigenvalue weighted by Gasteiger charge is -2.30. The minimum atomic E-state index is 0.618. The highest BCUT2D eigenvalue weighted by molar-refractivity contribution is 6.18. The van der Waals surface area contributed by atoms with E-state index in [1.807, 2.05) is 30.3 Å². The third kappa shape index (κ3) is 5.96. The van der Waals surface area contributed by atoms with E-state index in [9.17, 15) is 0 Å². The van der Waals surface area contributed by atoms with Crippen molar-refractivity contribution in [3.8, 4) is 22.6 Å². The lowest BCUT2D eigenvalue weighted by Crippen LogP contribution is -2.13. The van der Waals surface area contributed by atoms with Crippen molar-refractivity contribution in [3.05, 3.63) is 212 Å². The van der Waals surface area contributed by atoms with Crippen molar-refractivity contribution < 1.29 is 4.42 Å². The summed E-state index contributed by atoms with van der Waals surface area (Å²) in [4.78, 5) is 9.62. The Morgan fingerprint density at radius 2 is 0.909 bits per heavy atom. The monoisotopic (exact) mass is 705 g/mol. The van der Waals surface area contributed by atoms with E-state index in [0.29, 0.717) is 5.89 Å². The van der Waals surface area contributed by atoms with Gasteiger partial charge in [-0.1, -0.05) is 133 Å². The molecule has 0 fully saturated rings. The second kappa shape index (κ2) is 13.8. The molecule has 0 amide bonds. The topological polar surface area (TPSA) is 32.5 Å². The highest BCUT2D eigenvalue weighted by Gasteiger charge is 2.21. The van der Waals surface area contributed by atoms with Crippen LogP contribution in [0.5, 0.6) is 0 Å². The Balaban J connectivity index is 1.21. The van der Waals surface area contributed by atoms with Gasteiger partial charge in [0.05, 0.1) is 5.69 Å². The zero-order chi connectivity index (χ0) is 36.6. The van der Waals surface area contributed by atoms with Gasteiger partial charge in [-0.25, -0.2) is 4.98 Å². The molecule has 55 heavy (non-hydrogen) atoms. The average molecular weight is 706 g/mol. The van der Waals surface area contributed by atoms with Crippen LogP contribution in [0.1, 0.15) is 0 Å². The van der Waals surface area contributed by atoms with Gasteiger partial charge in [0.1, 0.15) is 5.52 Å². The summed E-state index contributed by atoms with van der Waals surface area (Å²) in [7, 11) is 0. The summed E-state index contributed by atoms with van der Waals surface area (Å²) >= 11 is 0. The van der Waals surface area contributed by atoms with Gasteiger partial charge in [0.2, 0.25) is 5.89 Å². The first kappa shape index (κ1) is 32.2. The van der Waals surface area contributed by atoms with Gasteiger partial charge in [-0.05, 0) is 101 Å². The molecule has 4 nitrogen and oxygen atoms in total. The van der Waals surface area contributed by atoms with Crippen molar-refractivity contribution in [1.29, 1.82) is 0 Å². The van der Waals surface area contributed by atoms with Gasteiger partial charge < -0.3 is 14.2 Å². The number of hydrogen-bond acceptors (Lipinski definition) is 4. The number of oxazole rings is 1. The number of fused-ring (bicyclic) bond motifs is 5. The molecule has 0 bridgehead atoms. The molecule has 4 heteroatoms. The fourth-order valence-corrected chi connectivity index (χ4v) is 7.68. The second-order valence-electron chi connectivity index (χ2n) is 13.6. The Morgan fingerprint density at radius 3 is 1.62 bits per heavy atom. The molecule has 10 rings (SSSR count). The van der Waals surface area contributed by atoms with Crippen molar-refractivity contribution >= 4 is 66.8 Å². The van der Waals surface area contributed by atoms with E-state index in [-0.39, 0.29) is 0 Å². The van der Waals surface area contributed by atoms with Crippen LogP contribution in [0.2, 0.25) is 0 Å². The van der Waals surface area contributed by atoms with Gasteiger partial charge in [-0.15, -0.1) is 0 Å². The van der Waals surface area contributed by atoms with Gasteiger partial charge >= 0.3 is 0 Å². The number of anilines is 6. The second-order valence-corrected chi connectivity index (χ2v) is 13.6. The van der Waals surface area contributed by atoms with Crippen LogP contribution in [0.4, 0.5) is 34.1 Å². The summed E-state index contributed by atoms with van der Waals surface area (Å²) in [5.41, 5.74) is 11.3. The molecule has 0 spiro atoms. The smallest absolute Gasteiger partial charge is 0.227 e. The van der Waals surface area contributed by atoms with Gasteiger partial charge in [-0.3, -0.25) is 0 Å². The van der Waals surface area contributed by atoms with E-state index >= 15 is 0 Å². The summed E-state index contributed by atoms with van der Waals surface area (Å²) in [5, 5.41) is 4.39. The zero-order valence-electron chi connectivity index (χ0n) is 30.0. The van der Waals surface area contributed by atoms with Gasteiger partial charge in [0, 0.05) is 45.0 Å². The molecule has 9 aromatic carbocycles. The Kier molecular flexibility index (Phi) is 8.12. The lowest BCUT2D eigenvalue weighted by molar-refractivity contribution is 0.623. The summed E-state index contributed by atoms with van der Waals surface area (Å²) in [6.45, 7) is 0. The molecule has 0 saturated heterocycles. The first-order valence-electron chi connectivity index (χ1n) is 18.5. The van der Waals surface area contributed by atoms with E-state index in [4.69, 9.17) is 9.40 Å². The number of para-hydroxylation sites is 3. The number of nitrogens with zero attached hydrogens (tertiary/aromatic N) is 3. The highest BCUT2D eigenvalue weighted by atomic mass is 16.3. The van der Waals surface area contributed by atoms with E-state index in [1.54, 1.807) is 0 Å². The van der Waals surface area contributed by atoms with Crippen molar-refractivity contribution in [2.24, 2.45) is 0 Å². The van der Waals surface area contributed by atoms with Crippen molar-refractivity contribution in [2.45, 2.75) is 0 Å². The number of rotatable bonds is 8. The summed E-state index contributed by atoms with van der Waals surface area (Å²) in [6.07, 6.45) is 0. The highest BCUT2D eigenvalue weighted by Crippen LogP contribution is 2.45. The van der Waals surface area contributed by atoms with Gasteiger partial charge in [0.25, 0.3) is 0 Å². The summed E-state index contributed by atoms with van der Waals surface area (Å²) < 4.78 is 6.62. The summed E-state index contributed by atoms with van der Waals surface area (Å²) in [6, 6.07) is 74.7. The molecule has 0 radical (unpaired) electrons. The van der Waals surface area contributed by atoms with Crippen LogP contribution in [0, 0.1) is 0 Å². The molecule has 0 atom stereocenters. The maximum atomic E-state index is 6.62. The fourth-order valence-electron chi connectivity index (χ4n) is 7.68. The molecule has 1 heterocycles. The van der Waals surface area contributed by atoms with Crippen molar-refractivity contribution in [1.82, 2.24) is 4.98 Å². The van der Waals surface area contributed by atoms with Gasteiger partial charge in [-0.2, -0.15) is 0 Å². The maximum Gasteiger partial charge on any atom is 0.227 e. The number of benzene rings is 9.